The van der Waals surface area contributed by atoms with E-state index < -0.39 is 0 Å². The molecule has 3 aromatic rings. The SMILES string of the molecule is COc1ccccc1NC(=O)N(CC(=O)N(CCc1ccc(OC)c(OC)c1)Cc1ccc(C)s1)C(C)C. The lowest BCUT2D eigenvalue weighted by atomic mass is 10.1. The van der Waals surface area contributed by atoms with Crippen LogP contribution in [0.4, 0.5) is 10.5 Å². The molecule has 1 aromatic heterocycles. The van der Waals surface area contributed by atoms with Gasteiger partial charge in [0, 0.05) is 22.3 Å². The highest BCUT2D eigenvalue weighted by Crippen LogP contribution is 2.28. The third kappa shape index (κ3) is 7.64. The topological polar surface area (TPSA) is 80.3 Å². The highest BCUT2D eigenvalue weighted by Gasteiger charge is 2.25. The molecule has 1 heterocycles. The first-order chi connectivity index (χ1) is 18.2. The fourth-order valence-corrected chi connectivity index (χ4v) is 4.93. The van der Waals surface area contributed by atoms with Crippen molar-refractivity contribution in [3.8, 4) is 17.2 Å². The molecule has 8 nitrogen and oxygen atoms in total. The molecule has 1 N–H and O–H groups in total. The van der Waals surface area contributed by atoms with Crippen LogP contribution in [0.1, 0.15) is 29.2 Å². The average molecular weight is 540 g/mol. The molecule has 0 radical (unpaired) electrons. The van der Waals surface area contributed by atoms with Crippen molar-refractivity contribution >= 4 is 29.0 Å². The summed E-state index contributed by atoms with van der Waals surface area (Å²) in [7, 11) is 4.76. The van der Waals surface area contributed by atoms with Crippen molar-refractivity contribution in [1.82, 2.24) is 9.80 Å². The van der Waals surface area contributed by atoms with Gasteiger partial charge in [0.2, 0.25) is 5.91 Å². The van der Waals surface area contributed by atoms with Crippen LogP contribution < -0.4 is 19.5 Å². The number of thiophene rings is 1. The van der Waals surface area contributed by atoms with Crippen LogP contribution in [-0.4, -0.2) is 62.2 Å². The predicted molar refractivity (Wildman–Crippen MR) is 152 cm³/mol. The number of carbonyl (C=O) groups excluding carboxylic acids is 2. The number of amides is 3. The van der Waals surface area contributed by atoms with Gasteiger partial charge in [0.05, 0.1) is 33.6 Å². The van der Waals surface area contributed by atoms with Crippen molar-refractivity contribution < 1.29 is 23.8 Å². The number of urea groups is 1. The second kappa shape index (κ2) is 13.7. The Morgan fingerprint density at radius 2 is 1.63 bits per heavy atom. The van der Waals surface area contributed by atoms with E-state index in [0.717, 1.165) is 10.4 Å². The lowest BCUT2D eigenvalue weighted by Crippen LogP contribution is -2.47. The van der Waals surface area contributed by atoms with E-state index in [0.29, 0.717) is 42.4 Å². The number of rotatable bonds is 12. The van der Waals surface area contributed by atoms with Gasteiger partial charge in [0.25, 0.3) is 0 Å². The molecule has 0 unspecified atom stereocenters. The molecule has 0 fully saturated rings. The number of para-hydroxylation sites is 2. The van der Waals surface area contributed by atoms with Gasteiger partial charge in [-0.05, 0) is 69.2 Å². The van der Waals surface area contributed by atoms with Crippen LogP contribution in [0.25, 0.3) is 0 Å². The molecule has 9 heteroatoms. The van der Waals surface area contributed by atoms with Crippen LogP contribution in [-0.2, 0) is 17.8 Å². The maximum Gasteiger partial charge on any atom is 0.322 e. The smallest absolute Gasteiger partial charge is 0.322 e. The summed E-state index contributed by atoms with van der Waals surface area (Å²) in [6.07, 6.45) is 0.630. The van der Waals surface area contributed by atoms with E-state index >= 15 is 0 Å². The van der Waals surface area contributed by atoms with Gasteiger partial charge >= 0.3 is 6.03 Å². The number of nitrogens with zero attached hydrogens (tertiary/aromatic N) is 2. The van der Waals surface area contributed by atoms with Crippen molar-refractivity contribution in [2.75, 3.05) is 39.7 Å². The van der Waals surface area contributed by atoms with Crippen molar-refractivity contribution in [3.05, 3.63) is 69.9 Å². The van der Waals surface area contributed by atoms with E-state index in [-0.39, 0.29) is 24.5 Å². The van der Waals surface area contributed by atoms with Crippen molar-refractivity contribution in [1.29, 1.82) is 0 Å². The Kier molecular flexibility index (Phi) is 10.4. The molecule has 0 aliphatic heterocycles. The first-order valence-electron chi connectivity index (χ1n) is 12.5. The van der Waals surface area contributed by atoms with Crippen LogP contribution in [0.5, 0.6) is 17.2 Å². The second-order valence-electron chi connectivity index (χ2n) is 9.12. The van der Waals surface area contributed by atoms with E-state index in [1.807, 2.05) is 62.1 Å². The minimum atomic E-state index is -0.357. The molecule has 0 saturated carbocycles. The zero-order valence-corrected chi connectivity index (χ0v) is 23.8. The summed E-state index contributed by atoms with van der Waals surface area (Å²) in [5.74, 6) is 1.74. The van der Waals surface area contributed by atoms with Crippen LogP contribution in [0.2, 0.25) is 0 Å². The zero-order chi connectivity index (χ0) is 27.7. The molecular weight excluding hydrogens is 502 g/mol. The van der Waals surface area contributed by atoms with Crippen molar-refractivity contribution in [2.24, 2.45) is 0 Å². The Labute approximate surface area is 229 Å². The number of hydrogen-bond donors (Lipinski definition) is 1. The van der Waals surface area contributed by atoms with Gasteiger partial charge in [0.15, 0.2) is 11.5 Å². The molecule has 38 heavy (non-hydrogen) atoms. The Balaban J connectivity index is 1.77. The molecule has 0 atom stereocenters. The summed E-state index contributed by atoms with van der Waals surface area (Å²) in [5, 5.41) is 2.89. The van der Waals surface area contributed by atoms with Crippen LogP contribution in [0.15, 0.2) is 54.6 Å². The Hall–Kier alpha value is -3.72. The molecule has 3 amide bonds. The lowest BCUT2D eigenvalue weighted by molar-refractivity contribution is -0.132. The summed E-state index contributed by atoms with van der Waals surface area (Å²) in [4.78, 5) is 32.5. The van der Waals surface area contributed by atoms with Gasteiger partial charge in [0.1, 0.15) is 12.3 Å². The van der Waals surface area contributed by atoms with Crippen LogP contribution in [0, 0.1) is 6.92 Å². The maximum atomic E-state index is 13.6. The van der Waals surface area contributed by atoms with Crippen LogP contribution >= 0.6 is 11.3 Å². The molecule has 3 rings (SSSR count). The number of ether oxygens (including phenoxy) is 3. The monoisotopic (exact) mass is 539 g/mol. The van der Waals surface area contributed by atoms with Gasteiger partial charge in [-0.3, -0.25) is 4.79 Å². The molecule has 0 aliphatic rings. The molecular formula is C29H37N3O5S. The van der Waals surface area contributed by atoms with E-state index in [4.69, 9.17) is 14.2 Å². The molecule has 0 saturated heterocycles. The standard InChI is InChI=1S/C29H37N3O5S/c1-20(2)32(29(34)30-24-9-7-8-10-25(24)35-4)19-28(33)31(18-23-13-11-21(3)38-23)16-15-22-12-14-26(36-5)27(17-22)37-6/h7-14,17,20H,15-16,18-19H2,1-6H3,(H,30,34). The maximum absolute atomic E-state index is 13.6. The fraction of sp³-hybridized carbons (Fsp3) is 0.379. The number of carbonyl (C=O) groups is 2. The normalized spacial score (nSPS) is 10.7. The number of aryl methyl sites for hydroxylation is 1. The molecule has 0 spiro atoms. The van der Waals surface area contributed by atoms with Crippen molar-refractivity contribution in [2.45, 2.75) is 39.8 Å². The van der Waals surface area contributed by atoms with Crippen molar-refractivity contribution in [3.63, 3.8) is 0 Å². The first-order valence-corrected chi connectivity index (χ1v) is 13.3. The van der Waals surface area contributed by atoms with E-state index in [9.17, 15) is 9.59 Å². The first kappa shape index (κ1) is 28.8. The number of nitrogens with one attached hydrogen (secondary N) is 1. The van der Waals surface area contributed by atoms with Crippen LogP contribution in [0.3, 0.4) is 0 Å². The van der Waals surface area contributed by atoms with E-state index in [1.165, 1.54) is 9.78 Å². The number of benzene rings is 2. The van der Waals surface area contributed by atoms with E-state index in [1.54, 1.807) is 44.8 Å². The molecule has 204 valence electrons. The fourth-order valence-electron chi connectivity index (χ4n) is 4.02. The lowest BCUT2D eigenvalue weighted by Gasteiger charge is -2.30. The predicted octanol–water partition coefficient (Wildman–Crippen LogP) is 5.60. The summed E-state index contributed by atoms with van der Waals surface area (Å²) < 4.78 is 16.1. The average Bonchev–Trinajstić information content (AvgIpc) is 3.33. The molecule has 2 aromatic carbocycles. The summed E-state index contributed by atoms with van der Waals surface area (Å²) >= 11 is 1.67. The van der Waals surface area contributed by atoms with Gasteiger partial charge in [-0.2, -0.15) is 0 Å². The zero-order valence-electron chi connectivity index (χ0n) is 22.9. The number of anilines is 1. The van der Waals surface area contributed by atoms with Gasteiger partial charge < -0.3 is 29.3 Å². The largest absolute Gasteiger partial charge is 0.495 e. The van der Waals surface area contributed by atoms with Gasteiger partial charge in [-0.15, -0.1) is 11.3 Å². The van der Waals surface area contributed by atoms with E-state index in [2.05, 4.69) is 11.4 Å². The number of hydrogen-bond acceptors (Lipinski definition) is 6. The minimum Gasteiger partial charge on any atom is -0.495 e. The summed E-state index contributed by atoms with van der Waals surface area (Å²) in [6.45, 7) is 6.76. The summed E-state index contributed by atoms with van der Waals surface area (Å²) in [6, 6.07) is 16.5. The summed E-state index contributed by atoms with van der Waals surface area (Å²) in [5.41, 5.74) is 1.58. The Morgan fingerprint density at radius 3 is 2.26 bits per heavy atom. The highest BCUT2D eigenvalue weighted by molar-refractivity contribution is 7.11. The second-order valence-corrected chi connectivity index (χ2v) is 10.5. The third-order valence-electron chi connectivity index (χ3n) is 6.15. The molecule has 0 aliphatic carbocycles. The van der Waals surface area contributed by atoms with Gasteiger partial charge in [-0.1, -0.05) is 18.2 Å². The Bertz CT molecular complexity index is 1230. The van der Waals surface area contributed by atoms with Gasteiger partial charge in [-0.25, -0.2) is 4.79 Å². The molecule has 0 bridgehead atoms. The third-order valence-corrected chi connectivity index (χ3v) is 7.14. The Morgan fingerprint density at radius 1 is 0.921 bits per heavy atom. The minimum absolute atomic E-state index is 0.0467. The highest BCUT2D eigenvalue weighted by atomic mass is 32.1. The number of methoxy groups -OCH3 is 3. The quantitative estimate of drug-likeness (QED) is 0.324.